The largest absolute Gasteiger partial charge is 0.367 e. The first kappa shape index (κ1) is 14.6. The third-order valence-electron chi connectivity index (χ3n) is 4.03. The molecule has 3 rings (SSSR count). The number of nitriles is 1. The average Bonchev–Trinajstić information content (AvgIpc) is 2.56. The average molecular weight is 295 g/mol. The Morgan fingerprint density at radius 3 is 2.50 bits per heavy atom. The Hall–Kier alpha value is -2.38. The van der Waals surface area contributed by atoms with Crippen molar-refractivity contribution >= 4 is 5.69 Å². The fourth-order valence-corrected chi connectivity index (χ4v) is 2.85. The van der Waals surface area contributed by atoms with Crippen molar-refractivity contribution in [2.24, 2.45) is 0 Å². The second-order valence-electron chi connectivity index (χ2n) is 5.53. The monoisotopic (exact) mass is 295 g/mol. The van der Waals surface area contributed by atoms with Crippen molar-refractivity contribution in [1.29, 1.82) is 5.26 Å². The summed E-state index contributed by atoms with van der Waals surface area (Å²) in [6.07, 6.45) is 0. The molecule has 0 saturated carbocycles. The highest BCUT2D eigenvalue weighted by Crippen LogP contribution is 2.20. The van der Waals surface area contributed by atoms with E-state index in [4.69, 9.17) is 5.26 Å². The Morgan fingerprint density at radius 2 is 1.77 bits per heavy atom. The Labute approximate surface area is 130 Å². The quantitative estimate of drug-likeness (QED) is 0.872. The Morgan fingerprint density at radius 1 is 1.00 bits per heavy atom. The molecule has 0 unspecified atom stereocenters. The molecule has 22 heavy (non-hydrogen) atoms. The van der Waals surface area contributed by atoms with Crippen LogP contribution in [0.25, 0.3) is 0 Å². The SMILES string of the molecule is N#Cc1cccc(CN2CCN(c3ccccc3F)CC2)c1. The van der Waals surface area contributed by atoms with Gasteiger partial charge in [-0.1, -0.05) is 24.3 Å². The molecule has 1 saturated heterocycles. The van der Waals surface area contributed by atoms with E-state index in [1.807, 2.05) is 36.4 Å². The minimum Gasteiger partial charge on any atom is -0.367 e. The van der Waals surface area contributed by atoms with Crippen LogP contribution >= 0.6 is 0 Å². The summed E-state index contributed by atoms with van der Waals surface area (Å²) >= 11 is 0. The number of benzene rings is 2. The predicted octanol–water partition coefficient (Wildman–Crippen LogP) is 3.02. The molecule has 0 bridgehead atoms. The maximum Gasteiger partial charge on any atom is 0.146 e. The Bertz CT molecular complexity index is 685. The second-order valence-corrected chi connectivity index (χ2v) is 5.53. The minimum absolute atomic E-state index is 0.155. The van der Waals surface area contributed by atoms with E-state index in [0.717, 1.165) is 38.3 Å². The summed E-state index contributed by atoms with van der Waals surface area (Å²) in [4.78, 5) is 4.44. The number of nitrogens with zero attached hydrogens (tertiary/aromatic N) is 3. The van der Waals surface area contributed by atoms with Gasteiger partial charge in [0.05, 0.1) is 17.3 Å². The Kier molecular flexibility index (Phi) is 4.36. The molecule has 1 fully saturated rings. The van der Waals surface area contributed by atoms with Crippen molar-refractivity contribution < 1.29 is 4.39 Å². The molecular formula is C18H18FN3. The van der Waals surface area contributed by atoms with E-state index in [9.17, 15) is 4.39 Å². The predicted molar refractivity (Wildman–Crippen MR) is 85.0 cm³/mol. The standard InChI is InChI=1S/C18H18FN3/c19-17-6-1-2-7-18(17)22-10-8-21(9-11-22)14-16-5-3-4-15(12-16)13-20/h1-7,12H,8-11,14H2. The molecule has 0 amide bonds. The van der Waals surface area contributed by atoms with Gasteiger partial charge in [-0.15, -0.1) is 0 Å². The minimum atomic E-state index is -0.155. The molecular weight excluding hydrogens is 277 g/mol. The highest BCUT2D eigenvalue weighted by molar-refractivity contribution is 5.48. The summed E-state index contributed by atoms with van der Waals surface area (Å²) in [5.41, 5.74) is 2.54. The fourth-order valence-electron chi connectivity index (χ4n) is 2.85. The Balaban J connectivity index is 1.60. The van der Waals surface area contributed by atoms with Gasteiger partial charge in [0.1, 0.15) is 5.82 Å². The zero-order valence-corrected chi connectivity index (χ0v) is 12.4. The highest BCUT2D eigenvalue weighted by Gasteiger charge is 2.19. The molecule has 0 atom stereocenters. The lowest BCUT2D eigenvalue weighted by molar-refractivity contribution is 0.249. The van der Waals surface area contributed by atoms with E-state index in [0.29, 0.717) is 11.3 Å². The highest BCUT2D eigenvalue weighted by atomic mass is 19.1. The topological polar surface area (TPSA) is 30.3 Å². The van der Waals surface area contributed by atoms with Gasteiger partial charge in [-0.25, -0.2) is 4.39 Å². The van der Waals surface area contributed by atoms with Crippen LogP contribution in [0.3, 0.4) is 0 Å². The van der Waals surface area contributed by atoms with Gasteiger partial charge in [0.2, 0.25) is 0 Å². The third-order valence-corrected chi connectivity index (χ3v) is 4.03. The van der Waals surface area contributed by atoms with Crippen LogP contribution in [0, 0.1) is 17.1 Å². The number of halogens is 1. The van der Waals surface area contributed by atoms with E-state index in [-0.39, 0.29) is 5.82 Å². The van der Waals surface area contributed by atoms with Crippen LogP contribution in [0.1, 0.15) is 11.1 Å². The van der Waals surface area contributed by atoms with Gasteiger partial charge in [-0.2, -0.15) is 5.26 Å². The molecule has 112 valence electrons. The number of para-hydroxylation sites is 1. The van der Waals surface area contributed by atoms with Gasteiger partial charge < -0.3 is 4.90 Å². The molecule has 2 aromatic rings. The van der Waals surface area contributed by atoms with E-state index < -0.39 is 0 Å². The van der Waals surface area contributed by atoms with Crippen molar-refractivity contribution in [2.75, 3.05) is 31.1 Å². The molecule has 4 heteroatoms. The van der Waals surface area contributed by atoms with E-state index in [2.05, 4.69) is 15.9 Å². The maximum absolute atomic E-state index is 13.8. The van der Waals surface area contributed by atoms with Crippen LogP contribution in [0.5, 0.6) is 0 Å². The van der Waals surface area contributed by atoms with Crippen molar-refractivity contribution in [2.45, 2.75) is 6.54 Å². The van der Waals surface area contributed by atoms with Crippen LogP contribution < -0.4 is 4.90 Å². The van der Waals surface area contributed by atoms with Gasteiger partial charge in [-0.05, 0) is 29.8 Å². The number of rotatable bonds is 3. The molecule has 1 aliphatic rings. The lowest BCUT2D eigenvalue weighted by atomic mass is 10.1. The first-order valence-electron chi connectivity index (χ1n) is 7.47. The van der Waals surface area contributed by atoms with Gasteiger partial charge in [0.25, 0.3) is 0 Å². The smallest absolute Gasteiger partial charge is 0.146 e. The van der Waals surface area contributed by atoms with Crippen molar-refractivity contribution in [1.82, 2.24) is 4.90 Å². The second kappa shape index (κ2) is 6.59. The molecule has 0 N–H and O–H groups in total. The maximum atomic E-state index is 13.8. The molecule has 1 aliphatic heterocycles. The van der Waals surface area contributed by atoms with Crippen LogP contribution in [0.2, 0.25) is 0 Å². The lowest BCUT2D eigenvalue weighted by Crippen LogP contribution is -2.46. The summed E-state index contributed by atoms with van der Waals surface area (Å²) in [7, 11) is 0. The zero-order chi connectivity index (χ0) is 15.4. The van der Waals surface area contributed by atoms with Crippen molar-refractivity contribution in [3.63, 3.8) is 0 Å². The van der Waals surface area contributed by atoms with Gasteiger partial charge in [0, 0.05) is 32.7 Å². The van der Waals surface area contributed by atoms with Crippen LogP contribution in [0.4, 0.5) is 10.1 Å². The van der Waals surface area contributed by atoms with E-state index >= 15 is 0 Å². The van der Waals surface area contributed by atoms with Crippen LogP contribution in [0.15, 0.2) is 48.5 Å². The summed E-state index contributed by atoms with van der Waals surface area (Å²) in [6.45, 7) is 4.26. The van der Waals surface area contributed by atoms with Crippen LogP contribution in [-0.2, 0) is 6.54 Å². The number of hydrogen-bond acceptors (Lipinski definition) is 3. The summed E-state index contributed by atoms with van der Waals surface area (Å²) in [6, 6.07) is 16.8. The van der Waals surface area contributed by atoms with E-state index in [1.165, 1.54) is 6.07 Å². The first-order valence-corrected chi connectivity index (χ1v) is 7.47. The van der Waals surface area contributed by atoms with Crippen molar-refractivity contribution in [3.8, 4) is 6.07 Å². The molecule has 0 radical (unpaired) electrons. The molecule has 3 nitrogen and oxygen atoms in total. The number of anilines is 1. The van der Waals surface area contributed by atoms with Crippen molar-refractivity contribution in [3.05, 3.63) is 65.5 Å². The van der Waals surface area contributed by atoms with Gasteiger partial charge in [0.15, 0.2) is 0 Å². The summed E-state index contributed by atoms with van der Waals surface area (Å²) in [5, 5.41) is 8.95. The molecule has 2 aromatic carbocycles. The first-order chi connectivity index (χ1) is 10.8. The van der Waals surface area contributed by atoms with Gasteiger partial charge in [-0.3, -0.25) is 4.90 Å². The fraction of sp³-hybridized carbons (Fsp3) is 0.278. The molecule has 1 heterocycles. The number of piperazine rings is 1. The van der Waals surface area contributed by atoms with Gasteiger partial charge >= 0.3 is 0 Å². The summed E-state index contributed by atoms with van der Waals surface area (Å²) < 4.78 is 13.8. The molecule has 0 aromatic heterocycles. The normalized spacial score (nSPS) is 15.5. The van der Waals surface area contributed by atoms with Crippen LogP contribution in [-0.4, -0.2) is 31.1 Å². The summed E-state index contributed by atoms with van der Waals surface area (Å²) in [5.74, 6) is -0.155. The molecule has 0 aliphatic carbocycles. The third kappa shape index (κ3) is 3.26. The lowest BCUT2D eigenvalue weighted by Gasteiger charge is -2.36. The zero-order valence-electron chi connectivity index (χ0n) is 12.4. The molecule has 0 spiro atoms. The number of hydrogen-bond donors (Lipinski definition) is 0. The van der Waals surface area contributed by atoms with E-state index in [1.54, 1.807) is 6.07 Å².